The maximum absolute atomic E-state index is 10.5. The third-order valence-electron chi connectivity index (χ3n) is 2.86. The van der Waals surface area contributed by atoms with Crippen molar-refractivity contribution < 1.29 is 4.92 Å². The van der Waals surface area contributed by atoms with Gasteiger partial charge in [0.2, 0.25) is 0 Å². The maximum atomic E-state index is 10.5. The number of rotatable bonds is 5. The normalized spacial score (nSPS) is 11.3. The number of hydrogen-bond donors (Lipinski definition) is 1. The van der Waals surface area contributed by atoms with E-state index in [0.29, 0.717) is 0 Å². The van der Waals surface area contributed by atoms with Gasteiger partial charge in [0.25, 0.3) is 0 Å². The molecule has 2 aromatic rings. The highest BCUT2D eigenvalue weighted by Gasteiger charge is 2.21. The van der Waals surface area contributed by atoms with Crippen LogP contribution in [0.5, 0.6) is 0 Å². The van der Waals surface area contributed by atoms with Crippen LogP contribution in [0.15, 0.2) is 35.8 Å². The first-order valence-electron chi connectivity index (χ1n) is 5.87. The minimum atomic E-state index is -0.501. The zero-order valence-corrected chi connectivity index (χ0v) is 11.6. The summed E-state index contributed by atoms with van der Waals surface area (Å²) in [6.45, 7) is 5.06. The summed E-state index contributed by atoms with van der Waals surface area (Å²) >= 11 is 1.73. The Balaban J connectivity index is 2.00. The minimum Gasteiger partial charge on any atom is -0.381 e. The molecule has 100 valence electrons. The van der Waals surface area contributed by atoms with Crippen molar-refractivity contribution in [2.45, 2.75) is 19.3 Å². The number of hydrogen-bond acceptors (Lipinski definition) is 5. The van der Waals surface area contributed by atoms with E-state index in [-0.39, 0.29) is 11.2 Å². The second kappa shape index (κ2) is 5.36. The smallest absolute Gasteiger partial charge is 0.363 e. The molecule has 0 amide bonds. The van der Waals surface area contributed by atoms with Gasteiger partial charge in [-0.3, -0.25) is 0 Å². The molecule has 0 fully saturated rings. The van der Waals surface area contributed by atoms with Gasteiger partial charge in [0.15, 0.2) is 6.20 Å². The van der Waals surface area contributed by atoms with Gasteiger partial charge in [-0.2, -0.15) is 0 Å². The summed E-state index contributed by atoms with van der Waals surface area (Å²) in [7, 11) is 0. The summed E-state index contributed by atoms with van der Waals surface area (Å²) in [6, 6.07) is 7.23. The van der Waals surface area contributed by atoms with Gasteiger partial charge >= 0.3 is 5.82 Å². The van der Waals surface area contributed by atoms with E-state index < -0.39 is 4.92 Å². The molecule has 2 rings (SSSR count). The van der Waals surface area contributed by atoms with Gasteiger partial charge in [0.05, 0.1) is 5.69 Å². The lowest BCUT2D eigenvalue weighted by atomic mass is 9.91. The number of aromatic nitrogens is 1. The fourth-order valence-electron chi connectivity index (χ4n) is 1.67. The van der Waals surface area contributed by atoms with Crippen LogP contribution in [0.2, 0.25) is 0 Å². The van der Waals surface area contributed by atoms with Gasteiger partial charge < -0.3 is 15.4 Å². The van der Waals surface area contributed by atoms with Crippen molar-refractivity contribution in [3.63, 3.8) is 0 Å². The van der Waals surface area contributed by atoms with E-state index in [9.17, 15) is 10.1 Å². The summed E-state index contributed by atoms with van der Waals surface area (Å²) < 4.78 is 0. The van der Waals surface area contributed by atoms with Crippen LogP contribution in [0.3, 0.4) is 0 Å². The quantitative estimate of drug-likeness (QED) is 0.671. The molecule has 0 spiro atoms. The zero-order valence-electron chi connectivity index (χ0n) is 10.8. The summed E-state index contributed by atoms with van der Waals surface area (Å²) in [5, 5.41) is 15.8. The van der Waals surface area contributed by atoms with Crippen molar-refractivity contribution >= 4 is 22.8 Å². The van der Waals surface area contributed by atoms with Gasteiger partial charge in [-0.15, -0.1) is 11.3 Å². The summed E-state index contributed by atoms with van der Waals surface area (Å²) in [5.74, 6) is -0.136. The summed E-state index contributed by atoms with van der Waals surface area (Å²) in [5.41, 5.74) is 0.797. The highest BCUT2D eigenvalue weighted by molar-refractivity contribution is 7.10. The third-order valence-corrected chi connectivity index (χ3v) is 4.09. The average Bonchev–Trinajstić information content (AvgIpc) is 2.91. The van der Waals surface area contributed by atoms with E-state index in [1.54, 1.807) is 17.4 Å². The van der Waals surface area contributed by atoms with Crippen LogP contribution in [-0.2, 0) is 5.41 Å². The molecule has 0 aliphatic rings. The van der Waals surface area contributed by atoms with Crippen molar-refractivity contribution in [3.8, 4) is 0 Å². The van der Waals surface area contributed by atoms with Gasteiger partial charge in [-0.25, -0.2) is 0 Å². The maximum Gasteiger partial charge on any atom is 0.363 e. The molecular formula is C13H15N3O2S. The van der Waals surface area contributed by atoms with E-state index in [1.165, 1.54) is 17.1 Å². The second-order valence-corrected chi connectivity index (χ2v) is 5.82. The SMILES string of the molecule is CC(C)(CNc1ccc([N+](=O)[O-])nc1)c1cccs1. The predicted octanol–water partition coefficient (Wildman–Crippen LogP) is 3.44. The lowest BCUT2D eigenvalue weighted by molar-refractivity contribution is -0.389. The van der Waals surface area contributed by atoms with Crippen LogP contribution in [0, 0.1) is 10.1 Å². The molecule has 0 aliphatic heterocycles. The van der Waals surface area contributed by atoms with Crippen LogP contribution in [0.25, 0.3) is 0 Å². The topological polar surface area (TPSA) is 68.1 Å². The third kappa shape index (κ3) is 3.29. The van der Waals surface area contributed by atoms with E-state index in [0.717, 1.165) is 12.2 Å². The molecule has 0 atom stereocenters. The molecule has 0 radical (unpaired) electrons. The fraction of sp³-hybridized carbons (Fsp3) is 0.308. The first kappa shape index (κ1) is 13.5. The monoisotopic (exact) mass is 277 g/mol. The van der Waals surface area contributed by atoms with E-state index in [2.05, 4.69) is 35.6 Å². The molecule has 19 heavy (non-hydrogen) atoms. The molecule has 2 heterocycles. The predicted molar refractivity (Wildman–Crippen MR) is 76.7 cm³/mol. The number of thiophene rings is 1. The molecule has 0 aromatic carbocycles. The molecule has 0 unspecified atom stereocenters. The molecule has 2 aromatic heterocycles. The van der Waals surface area contributed by atoms with Crippen molar-refractivity contribution in [1.82, 2.24) is 4.98 Å². The number of nitrogens with zero attached hydrogens (tertiary/aromatic N) is 2. The summed E-state index contributed by atoms with van der Waals surface area (Å²) in [4.78, 5) is 15.1. The van der Waals surface area contributed by atoms with Crippen molar-refractivity contribution in [3.05, 3.63) is 50.8 Å². The van der Waals surface area contributed by atoms with E-state index in [4.69, 9.17) is 0 Å². The Morgan fingerprint density at radius 2 is 2.21 bits per heavy atom. The van der Waals surface area contributed by atoms with Crippen molar-refractivity contribution in [1.29, 1.82) is 0 Å². The second-order valence-electron chi connectivity index (χ2n) is 4.88. The highest BCUT2D eigenvalue weighted by Crippen LogP contribution is 2.27. The number of anilines is 1. The first-order chi connectivity index (χ1) is 8.99. The molecule has 1 N–H and O–H groups in total. The molecule has 0 saturated carbocycles. The van der Waals surface area contributed by atoms with Crippen molar-refractivity contribution in [2.75, 3.05) is 11.9 Å². The molecule has 5 nitrogen and oxygen atoms in total. The molecule has 0 aliphatic carbocycles. The van der Waals surface area contributed by atoms with Gasteiger partial charge in [-0.05, 0) is 27.4 Å². The Hall–Kier alpha value is -1.95. The molecule has 6 heteroatoms. The van der Waals surface area contributed by atoms with Gasteiger partial charge in [-0.1, -0.05) is 19.9 Å². The summed E-state index contributed by atoms with van der Waals surface area (Å²) in [6.07, 6.45) is 1.49. The van der Waals surface area contributed by atoms with Crippen molar-refractivity contribution in [2.24, 2.45) is 0 Å². The Labute approximate surface area is 115 Å². The largest absolute Gasteiger partial charge is 0.381 e. The number of pyridine rings is 1. The molecular weight excluding hydrogens is 262 g/mol. The minimum absolute atomic E-state index is 0.00986. The van der Waals surface area contributed by atoms with Crippen LogP contribution >= 0.6 is 11.3 Å². The fourth-order valence-corrected chi connectivity index (χ4v) is 2.52. The van der Waals surface area contributed by atoms with Crippen LogP contribution in [0.1, 0.15) is 18.7 Å². The van der Waals surface area contributed by atoms with E-state index in [1.807, 2.05) is 6.07 Å². The Morgan fingerprint density at radius 3 is 2.74 bits per heavy atom. The Kier molecular flexibility index (Phi) is 3.80. The number of nitro groups is 1. The standard InChI is InChI=1S/C13H15N3O2S/c1-13(2,11-4-3-7-19-11)9-15-10-5-6-12(14-8-10)16(17)18/h3-8,15H,9H2,1-2H3. The van der Waals surface area contributed by atoms with E-state index >= 15 is 0 Å². The lowest BCUT2D eigenvalue weighted by Gasteiger charge is -2.23. The van der Waals surface area contributed by atoms with Crippen LogP contribution in [-0.4, -0.2) is 16.5 Å². The van der Waals surface area contributed by atoms with Crippen LogP contribution in [0.4, 0.5) is 11.5 Å². The molecule has 0 bridgehead atoms. The first-order valence-corrected chi connectivity index (χ1v) is 6.75. The number of nitrogens with one attached hydrogen (secondary N) is 1. The average molecular weight is 277 g/mol. The molecule has 0 saturated heterocycles. The van der Waals surface area contributed by atoms with Gasteiger partial charge in [0, 0.05) is 22.9 Å². The lowest BCUT2D eigenvalue weighted by Crippen LogP contribution is -2.26. The Bertz CT molecular complexity index is 550. The van der Waals surface area contributed by atoms with Crippen LogP contribution < -0.4 is 5.32 Å². The Morgan fingerprint density at radius 1 is 1.42 bits per heavy atom. The zero-order chi connectivity index (χ0) is 13.9. The highest BCUT2D eigenvalue weighted by atomic mass is 32.1. The van der Waals surface area contributed by atoms with Gasteiger partial charge in [0.1, 0.15) is 0 Å².